The third-order valence-corrected chi connectivity index (χ3v) is 6.35. The Kier molecular flexibility index (Phi) is 7.94. The smallest absolute Gasteiger partial charge is 0.237 e. The van der Waals surface area contributed by atoms with Crippen LogP contribution in [0.5, 0.6) is 0 Å². The van der Waals surface area contributed by atoms with Gasteiger partial charge in [0, 0.05) is 5.56 Å². The molecular formula is C28H3F12N5. The molecule has 0 N–H and O–H groups in total. The van der Waals surface area contributed by atoms with Gasteiger partial charge in [-0.15, -0.1) is 0 Å². The summed E-state index contributed by atoms with van der Waals surface area (Å²) < 4.78 is 175. The first-order valence-electron chi connectivity index (χ1n) is 11.3. The van der Waals surface area contributed by atoms with Crippen LogP contribution in [-0.2, 0) is 0 Å². The Labute approximate surface area is 241 Å². The molecular weight excluding hydrogens is 634 g/mol. The minimum Gasteiger partial charge on any atom is -0.237 e. The van der Waals surface area contributed by atoms with E-state index in [2.05, 4.69) is 9.83 Å². The van der Waals surface area contributed by atoms with Gasteiger partial charge in [0.1, 0.15) is 23.8 Å². The van der Waals surface area contributed by atoms with E-state index in [-0.39, 0.29) is 0 Å². The van der Waals surface area contributed by atoms with Crippen molar-refractivity contribution >= 4 is 16.8 Å². The van der Waals surface area contributed by atoms with Crippen molar-refractivity contribution in [3.8, 4) is 18.2 Å². The second-order valence-corrected chi connectivity index (χ2v) is 8.63. The summed E-state index contributed by atoms with van der Waals surface area (Å²) in [5.41, 5.74) is -17.9. The lowest BCUT2D eigenvalue weighted by atomic mass is 10.00. The van der Waals surface area contributed by atoms with Crippen molar-refractivity contribution in [2.75, 3.05) is 0 Å². The van der Waals surface area contributed by atoms with E-state index in [1.807, 2.05) is 0 Å². The van der Waals surface area contributed by atoms with Gasteiger partial charge in [-0.2, -0.15) is 29.6 Å². The standard InChI is InChI=1S/C28H3F12N5/c1-6-16(29)20(33)12(21(34)17(6)30)7(3-41)10-11(8(4-42)13-24(37)27(39)45-28(40)25(13)38)14(10)26(44-2)15-22(35)18(31)9(5-43)19(32)23(15)36/h1H3. The maximum Gasteiger partial charge on any atom is 0.252 e. The van der Waals surface area contributed by atoms with Crippen molar-refractivity contribution in [2.24, 2.45) is 0 Å². The zero-order valence-electron chi connectivity index (χ0n) is 21.3. The molecule has 1 heterocycles. The summed E-state index contributed by atoms with van der Waals surface area (Å²) in [4.78, 5) is 4.88. The van der Waals surface area contributed by atoms with Crippen LogP contribution in [0.3, 0.4) is 0 Å². The Balaban J connectivity index is 2.35. The van der Waals surface area contributed by atoms with Crippen molar-refractivity contribution < 1.29 is 52.7 Å². The number of nitrogens with zero attached hydrogens (tertiary/aromatic N) is 5. The fourth-order valence-electron chi connectivity index (χ4n) is 4.24. The maximum atomic E-state index is 15.0. The van der Waals surface area contributed by atoms with E-state index in [9.17, 15) is 63.2 Å². The predicted molar refractivity (Wildman–Crippen MR) is 125 cm³/mol. The van der Waals surface area contributed by atoms with Crippen LogP contribution in [0.25, 0.3) is 21.7 Å². The van der Waals surface area contributed by atoms with Crippen molar-refractivity contribution in [3.05, 3.63) is 126 Å². The van der Waals surface area contributed by atoms with Crippen molar-refractivity contribution in [1.82, 2.24) is 4.98 Å². The summed E-state index contributed by atoms with van der Waals surface area (Å²) in [7, 11) is 0. The molecule has 2 aromatic carbocycles. The molecule has 0 amide bonds. The number of nitriles is 3. The van der Waals surface area contributed by atoms with Crippen molar-refractivity contribution in [3.63, 3.8) is 0 Å². The molecule has 45 heavy (non-hydrogen) atoms. The molecule has 1 aromatic heterocycles. The molecule has 0 bridgehead atoms. The Morgan fingerprint density at radius 3 is 1.29 bits per heavy atom. The number of rotatable bonds is 3. The van der Waals surface area contributed by atoms with E-state index < -0.39 is 131 Å². The van der Waals surface area contributed by atoms with Gasteiger partial charge >= 0.3 is 0 Å². The molecule has 0 aliphatic heterocycles. The molecule has 3 aromatic rings. The van der Waals surface area contributed by atoms with Gasteiger partial charge in [-0.05, 0) is 23.6 Å². The first-order valence-corrected chi connectivity index (χ1v) is 11.3. The predicted octanol–water partition coefficient (Wildman–Crippen LogP) is 7.53. The maximum absolute atomic E-state index is 15.0. The molecule has 0 atom stereocenters. The minimum absolute atomic E-state index is 0.566. The zero-order valence-corrected chi connectivity index (χ0v) is 21.3. The van der Waals surface area contributed by atoms with Gasteiger partial charge in [0.15, 0.2) is 58.2 Å². The molecule has 1 aliphatic carbocycles. The van der Waals surface area contributed by atoms with Crippen LogP contribution in [0.15, 0.2) is 16.7 Å². The highest BCUT2D eigenvalue weighted by Gasteiger charge is 2.45. The van der Waals surface area contributed by atoms with E-state index in [1.54, 1.807) is 0 Å². The quantitative estimate of drug-likeness (QED) is 0.0977. The largest absolute Gasteiger partial charge is 0.252 e. The Morgan fingerprint density at radius 1 is 0.556 bits per heavy atom. The number of hydrogen-bond acceptors (Lipinski definition) is 4. The average molecular weight is 637 g/mol. The van der Waals surface area contributed by atoms with E-state index in [4.69, 9.17) is 11.8 Å². The normalized spacial score (nSPS) is 15.5. The van der Waals surface area contributed by atoms with E-state index in [0.29, 0.717) is 6.92 Å². The number of hydrogen-bond donors (Lipinski definition) is 0. The fourth-order valence-corrected chi connectivity index (χ4v) is 4.24. The van der Waals surface area contributed by atoms with Gasteiger partial charge in [0.25, 0.3) is 11.9 Å². The fraction of sp³-hybridized carbons (Fsp3) is 0.0357. The van der Waals surface area contributed by atoms with Crippen molar-refractivity contribution in [1.29, 1.82) is 15.8 Å². The number of pyridine rings is 1. The second-order valence-electron chi connectivity index (χ2n) is 8.63. The lowest BCUT2D eigenvalue weighted by Gasteiger charge is -2.09. The summed E-state index contributed by atoms with van der Waals surface area (Å²) in [5, 5.41) is 28.3. The lowest BCUT2D eigenvalue weighted by molar-refractivity contribution is 0.404. The van der Waals surface area contributed by atoms with Gasteiger partial charge in [-0.1, -0.05) is 0 Å². The average Bonchev–Trinajstić information content (AvgIpc) is 3.73. The van der Waals surface area contributed by atoms with Crippen molar-refractivity contribution in [2.45, 2.75) is 6.92 Å². The van der Waals surface area contributed by atoms with E-state index >= 15 is 0 Å². The Hall–Kier alpha value is -6.07. The second kappa shape index (κ2) is 11.2. The summed E-state index contributed by atoms with van der Waals surface area (Å²) >= 11 is 0. The van der Waals surface area contributed by atoms with Crippen LogP contribution in [0.4, 0.5) is 52.7 Å². The first kappa shape index (κ1) is 31.9. The number of halogens is 12. The molecule has 17 heteroatoms. The SMILES string of the molecule is [C-]#[N+]C(=C1C(=C(C#N)c2c(F)c(F)nc(F)c2F)C1=C(C#N)c1c(F)c(F)c(C)c(F)c1F)c1c(F)c(F)c(C#N)c(F)c1F. The van der Waals surface area contributed by atoms with Gasteiger partial charge in [0.2, 0.25) is 5.70 Å². The Bertz CT molecular complexity index is 2100. The van der Waals surface area contributed by atoms with Crippen LogP contribution in [0.2, 0.25) is 0 Å². The molecule has 0 saturated heterocycles. The molecule has 4 rings (SSSR count). The first-order chi connectivity index (χ1) is 21.1. The molecule has 0 radical (unpaired) electrons. The van der Waals surface area contributed by atoms with Crippen LogP contribution < -0.4 is 0 Å². The summed E-state index contributed by atoms with van der Waals surface area (Å²) in [5.74, 6) is -28.1. The van der Waals surface area contributed by atoms with Crippen LogP contribution in [0, 0.1) is 118 Å². The summed E-state index contributed by atoms with van der Waals surface area (Å²) in [6.45, 7) is 7.95. The molecule has 5 nitrogen and oxygen atoms in total. The highest BCUT2D eigenvalue weighted by Crippen LogP contribution is 2.57. The molecule has 1 saturated carbocycles. The third kappa shape index (κ3) is 4.53. The van der Waals surface area contributed by atoms with Crippen LogP contribution in [0.1, 0.15) is 27.8 Å². The molecule has 0 unspecified atom stereocenters. The van der Waals surface area contributed by atoms with Gasteiger partial charge in [0.05, 0.1) is 34.4 Å². The lowest BCUT2D eigenvalue weighted by Crippen LogP contribution is -2.06. The molecule has 1 fully saturated rings. The Morgan fingerprint density at radius 2 is 0.933 bits per heavy atom. The van der Waals surface area contributed by atoms with E-state index in [0.717, 1.165) is 18.2 Å². The zero-order chi connectivity index (χ0) is 33.8. The van der Waals surface area contributed by atoms with Gasteiger partial charge in [-0.25, -0.2) is 48.7 Å². The molecule has 1 aliphatic rings. The summed E-state index contributed by atoms with van der Waals surface area (Å²) in [6.07, 6.45) is 0. The highest BCUT2D eigenvalue weighted by atomic mass is 19.2. The summed E-state index contributed by atoms with van der Waals surface area (Å²) in [6, 6.07) is 2.85. The topological polar surface area (TPSA) is 88.6 Å². The highest BCUT2D eigenvalue weighted by molar-refractivity contribution is 6.11. The number of benzene rings is 2. The van der Waals surface area contributed by atoms with Crippen LogP contribution >= 0.6 is 0 Å². The molecule has 224 valence electrons. The van der Waals surface area contributed by atoms with Gasteiger partial charge < -0.3 is 0 Å². The minimum atomic E-state index is -2.46. The van der Waals surface area contributed by atoms with Gasteiger partial charge in [-0.3, -0.25) is 0 Å². The number of aromatic nitrogens is 1. The third-order valence-electron chi connectivity index (χ3n) is 6.35. The molecule has 0 spiro atoms. The number of allylic oxidation sites excluding steroid dienone is 5. The van der Waals surface area contributed by atoms with Crippen LogP contribution in [-0.4, -0.2) is 4.98 Å². The monoisotopic (exact) mass is 637 g/mol. The van der Waals surface area contributed by atoms with E-state index in [1.165, 1.54) is 0 Å².